The molecular weight excluding hydrogens is 286 g/mol. The van der Waals surface area contributed by atoms with Crippen LogP contribution in [0.1, 0.15) is 20.8 Å². The van der Waals surface area contributed by atoms with Gasteiger partial charge in [0.2, 0.25) is 5.75 Å². The molecule has 0 bridgehead atoms. The van der Waals surface area contributed by atoms with Crippen molar-refractivity contribution in [2.75, 3.05) is 5.32 Å². The third-order valence-corrected chi connectivity index (χ3v) is 2.12. The Hall–Kier alpha value is -2.91. The number of amides is 1. The van der Waals surface area contributed by atoms with Gasteiger partial charge < -0.3 is 9.84 Å². The van der Waals surface area contributed by atoms with Crippen LogP contribution in [0.2, 0.25) is 0 Å². The fraction of sp³-hybridized carbons (Fsp3) is 0.364. The highest BCUT2D eigenvalue weighted by molar-refractivity contribution is 5.89. The summed E-state index contributed by atoms with van der Waals surface area (Å²) in [6.45, 7) is 4.76. The van der Waals surface area contributed by atoms with Crippen LogP contribution in [0.4, 0.5) is 21.9 Å². The number of non-ortho nitro benzene ring substituents is 1. The number of hydrogen-bond acceptors (Lipinski definition) is 7. The van der Waals surface area contributed by atoms with Crippen molar-refractivity contribution in [1.82, 2.24) is 0 Å². The molecule has 1 amide bonds. The average Bonchev–Trinajstić information content (AvgIpc) is 2.28. The lowest BCUT2D eigenvalue weighted by Crippen LogP contribution is -2.27. The Bertz CT molecular complexity index is 607. The molecule has 1 aromatic rings. The lowest BCUT2D eigenvalue weighted by atomic mass is 10.2. The average molecular weight is 299 g/mol. The number of nitrogens with zero attached hydrogens (tertiary/aromatic N) is 2. The highest BCUT2D eigenvalue weighted by Crippen LogP contribution is 2.38. The number of aromatic hydroxyl groups is 1. The SMILES string of the molecule is CC(C)(C)OC(=O)Nc1cc([N+](=O)[O-])cc([N+](=O)[O-])c1O. The minimum atomic E-state index is -1.01. The quantitative estimate of drug-likeness (QED) is 0.495. The standard InChI is InChI=1S/C11H13N3O7/c1-11(2,3)21-10(16)12-7-4-6(13(17)18)5-8(9(7)15)14(19)20/h4-5,15H,1-3H3,(H,12,16). The first-order valence-electron chi connectivity index (χ1n) is 5.67. The fourth-order valence-corrected chi connectivity index (χ4v) is 1.36. The molecule has 0 spiro atoms. The number of hydrogen-bond donors (Lipinski definition) is 2. The van der Waals surface area contributed by atoms with E-state index in [1.165, 1.54) is 0 Å². The summed E-state index contributed by atoms with van der Waals surface area (Å²) in [6.07, 6.45) is -1.01. The number of carbonyl (C=O) groups excluding carboxylic acids is 1. The Balaban J connectivity index is 3.20. The van der Waals surface area contributed by atoms with E-state index in [4.69, 9.17) is 4.74 Å². The van der Waals surface area contributed by atoms with Crippen molar-refractivity contribution in [2.45, 2.75) is 26.4 Å². The number of anilines is 1. The Kier molecular flexibility index (Phi) is 4.31. The number of phenolic OH excluding ortho intramolecular Hbond substituents is 1. The van der Waals surface area contributed by atoms with Crippen LogP contribution in [0.5, 0.6) is 5.75 Å². The molecule has 10 heteroatoms. The molecule has 0 aliphatic heterocycles. The number of benzene rings is 1. The molecular formula is C11H13N3O7. The minimum Gasteiger partial charge on any atom is -0.501 e. The predicted octanol–water partition coefficient (Wildman–Crippen LogP) is 2.56. The van der Waals surface area contributed by atoms with Crippen LogP contribution in [0.15, 0.2) is 12.1 Å². The summed E-state index contributed by atoms with van der Waals surface area (Å²) in [6, 6.07) is 1.39. The van der Waals surface area contributed by atoms with Gasteiger partial charge in [0.1, 0.15) is 11.3 Å². The molecule has 0 aliphatic carbocycles. The maximum Gasteiger partial charge on any atom is 0.412 e. The van der Waals surface area contributed by atoms with Crippen molar-refractivity contribution < 1.29 is 24.5 Å². The molecule has 0 saturated carbocycles. The maximum atomic E-state index is 11.6. The van der Waals surface area contributed by atoms with Gasteiger partial charge >= 0.3 is 11.8 Å². The molecule has 0 fully saturated rings. The topological polar surface area (TPSA) is 145 Å². The van der Waals surface area contributed by atoms with Crippen molar-refractivity contribution >= 4 is 23.2 Å². The number of carbonyl (C=O) groups is 1. The number of phenols is 1. The molecule has 0 aromatic heterocycles. The van der Waals surface area contributed by atoms with Gasteiger partial charge in [0.15, 0.2) is 0 Å². The van der Waals surface area contributed by atoms with Crippen LogP contribution >= 0.6 is 0 Å². The van der Waals surface area contributed by atoms with Crippen LogP contribution in [-0.2, 0) is 4.74 Å². The van der Waals surface area contributed by atoms with Gasteiger partial charge in [-0.3, -0.25) is 25.5 Å². The summed E-state index contributed by atoms with van der Waals surface area (Å²) in [5.41, 5.74) is -2.86. The first-order valence-corrected chi connectivity index (χ1v) is 5.67. The zero-order valence-electron chi connectivity index (χ0n) is 11.4. The van der Waals surface area contributed by atoms with Crippen molar-refractivity contribution in [3.05, 3.63) is 32.4 Å². The molecule has 0 heterocycles. The van der Waals surface area contributed by atoms with Gasteiger partial charge in [-0.05, 0) is 20.8 Å². The van der Waals surface area contributed by atoms with E-state index in [0.29, 0.717) is 6.07 Å². The van der Waals surface area contributed by atoms with Gasteiger partial charge in [0, 0.05) is 6.07 Å². The van der Waals surface area contributed by atoms with E-state index in [1.54, 1.807) is 20.8 Å². The molecule has 21 heavy (non-hydrogen) atoms. The van der Waals surface area contributed by atoms with Crippen LogP contribution in [0.25, 0.3) is 0 Å². The second-order valence-electron chi connectivity index (χ2n) is 5.00. The Labute approximate surface area is 118 Å². The van der Waals surface area contributed by atoms with Crippen molar-refractivity contribution in [3.8, 4) is 5.75 Å². The van der Waals surface area contributed by atoms with E-state index >= 15 is 0 Å². The first kappa shape index (κ1) is 16.1. The molecule has 0 saturated heterocycles. The maximum absolute atomic E-state index is 11.6. The first-order chi connectivity index (χ1) is 9.51. The van der Waals surface area contributed by atoms with Gasteiger partial charge in [0.25, 0.3) is 5.69 Å². The molecule has 0 aliphatic rings. The Morgan fingerprint density at radius 2 is 1.81 bits per heavy atom. The smallest absolute Gasteiger partial charge is 0.412 e. The monoisotopic (exact) mass is 299 g/mol. The summed E-state index contributed by atoms with van der Waals surface area (Å²) in [5.74, 6) is -0.892. The van der Waals surface area contributed by atoms with Gasteiger partial charge in [-0.1, -0.05) is 0 Å². The minimum absolute atomic E-state index is 0.481. The molecule has 2 N–H and O–H groups in total. The van der Waals surface area contributed by atoms with Gasteiger partial charge in [-0.15, -0.1) is 0 Å². The highest BCUT2D eigenvalue weighted by atomic mass is 16.6. The number of rotatable bonds is 3. The molecule has 1 aromatic carbocycles. The van der Waals surface area contributed by atoms with E-state index < -0.39 is 44.4 Å². The van der Waals surface area contributed by atoms with Crippen molar-refractivity contribution in [2.24, 2.45) is 0 Å². The molecule has 114 valence electrons. The summed E-state index contributed by atoms with van der Waals surface area (Å²) < 4.78 is 4.90. The van der Waals surface area contributed by atoms with Crippen LogP contribution in [0, 0.1) is 20.2 Å². The van der Waals surface area contributed by atoms with Crippen LogP contribution < -0.4 is 5.32 Å². The highest BCUT2D eigenvalue weighted by Gasteiger charge is 2.26. The predicted molar refractivity (Wildman–Crippen MR) is 71.3 cm³/mol. The molecule has 1 rings (SSSR count). The van der Waals surface area contributed by atoms with E-state index in [-0.39, 0.29) is 0 Å². The normalized spacial score (nSPS) is 10.8. The molecule has 0 atom stereocenters. The molecule has 0 unspecified atom stereocenters. The summed E-state index contributed by atoms with van der Waals surface area (Å²) in [5, 5.41) is 33.2. The van der Waals surface area contributed by atoms with Crippen LogP contribution in [0.3, 0.4) is 0 Å². The number of ether oxygens (including phenoxy) is 1. The van der Waals surface area contributed by atoms with E-state index in [0.717, 1.165) is 6.07 Å². The second kappa shape index (κ2) is 5.61. The Morgan fingerprint density at radius 3 is 2.24 bits per heavy atom. The molecule has 0 radical (unpaired) electrons. The summed E-state index contributed by atoms with van der Waals surface area (Å²) >= 11 is 0. The zero-order chi connectivity index (χ0) is 16.4. The second-order valence-corrected chi connectivity index (χ2v) is 5.00. The van der Waals surface area contributed by atoms with Gasteiger partial charge in [0.05, 0.1) is 15.9 Å². The van der Waals surface area contributed by atoms with Gasteiger partial charge in [-0.25, -0.2) is 4.79 Å². The lowest BCUT2D eigenvalue weighted by Gasteiger charge is -2.19. The zero-order valence-corrected chi connectivity index (χ0v) is 11.4. The van der Waals surface area contributed by atoms with E-state index in [1.807, 2.05) is 5.32 Å². The summed E-state index contributed by atoms with van der Waals surface area (Å²) in [4.78, 5) is 31.1. The lowest BCUT2D eigenvalue weighted by molar-refractivity contribution is -0.394. The van der Waals surface area contributed by atoms with Crippen molar-refractivity contribution in [1.29, 1.82) is 0 Å². The van der Waals surface area contributed by atoms with Crippen LogP contribution in [-0.4, -0.2) is 26.6 Å². The van der Waals surface area contributed by atoms with Crippen molar-refractivity contribution in [3.63, 3.8) is 0 Å². The Morgan fingerprint density at radius 1 is 1.24 bits per heavy atom. The summed E-state index contributed by atoms with van der Waals surface area (Å²) in [7, 11) is 0. The largest absolute Gasteiger partial charge is 0.501 e. The fourth-order valence-electron chi connectivity index (χ4n) is 1.36. The molecule has 10 nitrogen and oxygen atoms in total. The third kappa shape index (κ3) is 4.30. The number of nitrogens with one attached hydrogen (secondary N) is 1. The van der Waals surface area contributed by atoms with E-state index in [9.17, 15) is 30.1 Å². The third-order valence-electron chi connectivity index (χ3n) is 2.12. The van der Waals surface area contributed by atoms with E-state index in [2.05, 4.69) is 0 Å². The number of nitro groups is 2. The van der Waals surface area contributed by atoms with Gasteiger partial charge in [-0.2, -0.15) is 0 Å². The number of nitro benzene ring substituents is 2.